The highest BCUT2D eigenvalue weighted by Crippen LogP contribution is 2.41. The minimum Gasteiger partial charge on any atom is -0.507 e. The smallest absolute Gasteiger partial charge is 0.295 e. The Labute approximate surface area is 169 Å². The number of nitrogens with zero attached hydrogens (tertiary/aromatic N) is 2. The summed E-state index contributed by atoms with van der Waals surface area (Å²) < 4.78 is 0. The van der Waals surface area contributed by atoms with Gasteiger partial charge in [-0.2, -0.15) is 0 Å². The molecule has 3 rings (SSSR count). The molecule has 5 nitrogen and oxygen atoms in total. The van der Waals surface area contributed by atoms with E-state index in [0.717, 1.165) is 29.0 Å². The number of rotatable bonds is 6. The van der Waals surface area contributed by atoms with Crippen LogP contribution in [0.15, 0.2) is 41.3 Å². The molecule has 1 atom stereocenters. The molecule has 0 saturated carbocycles. The van der Waals surface area contributed by atoms with Gasteiger partial charge in [0.05, 0.1) is 11.6 Å². The Bertz CT molecular complexity index is 916. The standard InChI is InChI=1S/C22H26N2O3S/c1-14-8-9-15(2)16(13-14)20(25)18-19(17-7-5-12-28-17)24(22(27)21(18)26)11-6-10-23(3)4/h5,7-9,12-13,19,25H,6,10-11H2,1-4H3/t19-/m1/s1. The number of aryl methyl sites for hydroxylation is 2. The van der Waals surface area contributed by atoms with Crippen molar-refractivity contribution in [1.82, 2.24) is 9.80 Å². The Morgan fingerprint density at radius 3 is 2.61 bits per heavy atom. The normalized spacial score (nSPS) is 19.0. The van der Waals surface area contributed by atoms with Crippen molar-refractivity contribution < 1.29 is 14.7 Å². The molecular formula is C22H26N2O3S. The van der Waals surface area contributed by atoms with Crippen LogP contribution in [0.5, 0.6) is 0 Å². The van der Waals surface area contributed by atoms with Crippen LogP contribution in [0.4, 0.5) is 0 Å². The molecule has 148 valence electrons. The van der Waals surface area contributed by atoms with Crippen LogP contribution in [-0.4, -0.2) is 53.8 Å². The maximum atomic E-state index is 12.9. The quantitative estimate of drug-likeness (QED) is 0.457. The van der Waals surface area contributed by atoms with Gasteiger partial charge in [0.2, 0.25) is 0 Å². The summed E-state index contributed by atoms with van der Waals surface area (Å²) in [6, 6.07) is 9.01. The van der Waals surface area contributed by atoms with Gasteiger partial charge in [-0.1, -0.05) is 23.8 Å². The van der Waals surface area contributed by atoms with E-state index in [1.807, 2.05) is 68.6 Å². The molecule has 2 aromatic rings. The fourth-order valence-electron chi connectivity index (χ4n) is 3.55. The van der Waals surface area contributed by atoms with Gasteiger partial charge in [0, 0.05) is 17.0 Å². The van der Waals surface area contributed by atoms with Gasteiger partial charge in [-0.25, -0.2) is 0 Å². The van der Waals surface area contributed by atoms with Crippen LogP contribution in [0.3, 0.4) is 0 Å². The average Bonchev–Trinajstić information content (AvgIpc) is 3.25. The molecule has 2 heterocycles. The lowest BCUT2D eigenvalue weighted by Crippen LogP contribution is -2.32. The number of carbonyl (C=O) groups is 2. The van der Waals surface area contributed by atoms with Crippen molar-refractivity contribution in [2.24, 2.45) is 0 Å². The van der Waals surface area contributed by atoms with Crippen LogP contribution in [0.25, 0.3) is 5.76 Å². The summed E-state index contributed by atoms with van der Waals surface area (Å²) in [5.41, 5.74) is 2.64. The van der Waals surface area contributed by atoms with Crippen molar-refractivity contribution in [3.05, 3.63) is 62.9 Å². The number of likely N-dealkylation sites (tertiary alicyclic amines) is 1. The maximum absolute atomic E-state index is 12.9. The zero-order valence-electron chi connectivity index (χ0n) is 16.7. The summed E-state index contributed by atoms with van der Waals surface area (Å²) in [6.45, 7) is 5.11. The fraction of sp³-hybridized carbons (Fsp3) is 0.364. The van der Waals surface area contributed by atoms with Gasteiger partial charge in [-0.3, -0.25) is 9.59 Å². The molecule has 1 amide bonds. The first-order chi connectivity index (χ1) is 13.3. The highest BCUT2D eigenvalue weighted by Gasteiger charge is 2.46. The molecule has 6 heteroatoms. The summed E-state index contributed by atoms with van der Waals surface area (Å²) in [7, 11) is 3.96. The summed E-state index contributed by atoms with van der Waals surface area (Å²) >= 11 is 1.49. The van der Waals surface area contributed by atoms with Gasteiger partial charge in [0.25, 0.3) is 11.7 Å². The molecule has 1 aliphatic rings. The van der Waals surface area contributed by atoms with E-state index in [4.69, 9.17) is 0 Å². The van der Waals surface area contributed by atoms with Gasteiger partial charge in [0.15, 0.2) is 0 Å². The molecular weight excluding hydrogens is 372 g/mol. The number of aliphatic hydroxyl groups is 1. The van der Waals surface area contributed by atoms with E-state index in [1.165, 1.54) is 11.3 Å². The lowest BCUT2D eigenvalue weighted by molar-refractivity contribution is -0.139. The predicted molar refractivity (Wildman–Crippen MR) is 112 cm³/mol. The first kappa shape index (κ1) is 20.3. The van der Waals surface area contributed by atoms with Crippen molar-refractivity contribution in [2.45, 2.75) is 26.3 Å². The minimum atomic E-state index is -0.610. The third kappa shape index (κ3) is 3.88. The van der Waals surface area contributed by atoms with Crippen LogP contribution in [0, 0.1) is 13.8 Å². The largest absolute Gasteiger partial charge is 0.507 e. The lowest BCUT2D eigenvalue weighted by Gasteiger charge is -2.24. The average molecular weight is 399 g/mol. The molecule has 0 bridgehead atoms. The molecule has 0 unspecified atom stereocenters. The highest BCUT2D eigenvalue weighted by atomic mass is 32.1. The number of carbonyl (C=O) groups excluding carboxylic acids is 2. The van der Waals surface area contributed by atoms with Gasteiger partial charge >= 0.3 is 0 Å². The van der Waals surface area contributed by atoms with E-state index in [2.05, 4.69) is 0 Å². The van der Waals surface area contributed by atoms with Crippen LogP contribution < -0.4 is 0 Å². The van der Waals surface area contributed by atoms with E-state index >= 15 is 0 Å². The number of ketones is 1. The predicted octanol–water partition coefficient (Wildman–Crippen LogP) is 3.74. The molecule has 28 heavy (non-hydrogen) atoms. The Morgan fingerprint density at radius 2 is 1.96 bits per heavy atom. The third-order valence-electron chi connectivity index (χ3n) is 5.01. The Hall–Kier alpha value is -2.44. The molecule has 1 aliphatic heterocycles. The highest BCUT2D eigenvalue weighted by molar-refractivity contribution is 7.10. The summed E-state index contributed by atoms with van der Waals surface area (Å²) in [6.07, 6.45) is 0.755. The zero-order valence-corrected chi connectivity index (χ0v) is 17.5. The van der Waals surface area contributed by atoms with Gasteiger partial charge in [-0.05, 0) is 64.0 Å². The van der Waals surface area contributed by atoms with Crippen molar-refractivity contribution in [1.29, 1.82) is 0 Å². The Morgan fingerprint density at radius 1 is 1.21 bits per heavy atom. The van der Waals surface area contributed by atoms with Crippen molar-refractivity contribution in [3.63, 3.8) is 0 Å². The number of Topliss-reactive ketones (excluding diaryl/α,β-unsaturated/α-hetero) is 1. The summed E-state index contributed by atoms with van der Waals surface area (Å²) in [5.74, 6) is -1.24. The molecule has 1 aromatic heterocycles. The molecule has 1 aromatic carbocycles. The molecule has 0 aliphatic carbocycles. The van der Waals surface area contributed by atoms with Crippen LogP contribution >= 0.6 is 11.3 Å². The lowest BCUT2D eigenvalue weighted by atomic mass is 9.96. The number of aliphatic hydroxyl groups excluding tert-OH is 1. The number of hydrogen-bond donors (Lipinski definition) is 1. The third-order valence-corrected chi connectivity index (χ3v) is 5.93. The van der Waals surface area contributed by atoms with Gasteiger partial charge in [-0.15, -0.1) is 11.3 Å². The van der Waals surface area contributed by atoms with Crippen LogP contribution in [0.2, 0.25) is 0 Å². The van der Waals surface area contributed by atoms with E-state index < -0.39 is 17.7 Å². The first-order valence-corrected chi connectivity index (χ1v) is 10.2. The molecule has 1 saturated heterocycles. The van der Waals surface area contributed by atoms with E-state index in [1.54, 1.807) is 4.90 Å². The second kappa shape index (κ2) is 8.29. The first-order valence-electron chi connectivity index (χ1n) is 9.35. The monoisotopic (exact) mass is 398 g/mol. The van der Waals surface area contributed by atoms with Gasteiger partial charge < -0.3 is 14.9 Å². The number of amides is 1. The van der Waals surface area contributed by atoms with E-state index in [-0.39, 0.29) is 11.3 Å². The van der Waals surface area contributed by atoms with Crippen molar-refractivity contribution in [2.75, 3.05) is 27.2 Å². The Balaban J connectivity index is 2.09. The molecule has 0 radical (unpaired) electrons. The minimum absolute atomic E-state index is 0.0898. The Kier molecular flexibility index (Phi) is 6.01. The summed E-state index contributed by atoms with van der Waals surface area (Å²) in [5, 5.41) is 13.0. The van der Waals surface area contributed by atoms with Crippen molar-refractivity contribution >= 4 is 28.8 Å². The van der Waals surface area contributed by atoms with Crippen LogP contribution in [-0.2, 0) is 9.59 Å². The number of thiophene rings is 1. The topological polar surface area (TPSA) is 60.9 Å². The SMILES string of the molecule is Cc1ccc(C)c(C(O)=C2C(=O)C(=O)N(CCCN(C)C)[C@@H]2c2cccs2)c1. The fourth-order valence-corrected chi connectivity index (χ4v) is 4.39. The maximum Gasteiger partial charge on any atom is 0.295 e. The molecule has 1 fully saturated rings. The molecule has 0 spiro atoms. The van der Waals surface area contributed by atoms with Crippen molar-refractivity contribution in [3.8, 4) is 0 Å². The van der Waals surface area contributed by atoms with Gasteiger partial charge in [0.1, 0.15) is 5.76 Å². The van der Waals surface area contributed by atoms with E-state index in [9.17, 15) is 14.7 Å². The second-order valence-electron chi connectivity index (χ2n) is 7.48. The number of benzene rings is 1. The number of hydrogen-bond acceptors (Lipinski definition) is 5. The summed E-state index contributed by atoms with van der Waals surface area (Å²) in [4.78, 5) is 30.3. The van der Waals surface area contributed by atoms with E-state index in [0.29, 0.717) is 12.1 Å². The molecule has 1 N–H and O–H groups in total. The zero-order chi connectivity index (χ0) is 20.4. The van der Waals surface area contributed by atoms with Crippen LogP contribution in [0.1, 0.15) is 34.0 Å². The second-order valence-corrected chi connectivity index (χ2v) is 8.46.